The maximum Gasteiger partial charge on any atom is 0.220 e. The Kier molecular flexibility index (Phi) is 1.44. The average molecular weight is 153 g/mol. The molecule has 2 fully saturated rings. The van der Waals surface area contributed by atoms with Gasteiger partial charge in [-0.1, -0.05) is 0 Å². The Labute approximate surface area is 65.2 Å². The van der Waals surface area contributed by atoms with Gasteiger partial charge in [0.15, 0.2) is 0 Å². The third-order valence-electron chi connectivity index (χ3n) is 2.36. The minimum absolute atomic E-state index is 0.00463. The summed E-state index contributed by atoms with van der Waals surface area (Å²) in [5, 5.41) is 2.67. The average Bonchev–Trinajstić information content (AvgIpc) is 2.74. The van der Waals surface area contributed by atoms with Crippen molar-refractivity contribution in [3.05, 3.63) is 0 Å². The number of amides is 1. The van der Waals surface area contributed by atoms with Gasteiger partial charge in [-0.15, -0.1) is 0 Å². The van der Waals surface area contributed by atoms with Crippen LogP contribution in [0.15, 0.2) is 0 Å². The highest BCUT2D eigenvalue weighted by molar-refractivity contribution is 5.92. The smallest absolute Gasteiger partial charge is 0.220 e. The molecule has 1 atom stereocenters. The van der Waals surface area contributed by atoms with E-state index in [1.54, 1.807) is 0 Å². The van der Waals surface area contributed by atoms with Crippen LogP contribution in [0.2, 0.25) is 0 Å². The molecule has 60 valence electrons. The molecule has 0 aromatic heterocycles. The van der Waals surface area contributed by atoms with E-state index in [0.717, 1.165) is 12.8 Å². The van der Waals surface area contributed by atoms with Crippen molar-refractivity contribution in [1.82, 2.24) is 5.32 Å². The predicted octanol–water partition coefficient (Wildman–Crippen LogP) is 0.102. The third kappa shape index (κ3) is 1.27. The van der Waals surface area contributed by atoms with E-state index in [4.69, 9.17) is 0 Å². The fourth-order valence-electron chi connectivity index (χ4n) is 1.51. The van der Waals surface area contributed by atoms with E-state index in [2.05, 4.69) is 5.32 Å². The van der Waals surface area contributed by atoms with Crippen LogP contribution in [0.5, 0.6) is 0 Å². The SMILES string of the molecule is O=C1CC(C(=O)C2CC2)CN1. The van der Waals surface area contributed by atoms with Crippen molar-refractivity contribution in [2.45, 2.75) is 19.3 Å². The van der Waals surface area contributed by atoms with Crippen molar-refractivity contribution in [2.75, 3.05) is 6.54 Å². The first-order chi connectivity index (χ1) is 5.27. The van der Waals surface area contributed by atoms with Gasteiger partial charge in [0.25, 0.3) is 0 Å². The highest BCUT2D eigenvalue weighted by atomic mass is 16.2. The first-order valence-corrected chi connectivity index (χ1v) is 4.08. The first-order valence-electron chi connectivity index (χ1n) is 4.08. The zero-order chi connectivity index (χ0) is 7.84. The Morgan fingerprint density at radius 1 is 1.36 bits per heavy atom. The van der Waals surface area contributed by atoms with Crippen LogP contribution in [0.1, 0.15) is 19.3 Å². The summed E-state index contributed by atoms with van der Waals surface area (Å²) in [7, 11) is 0. The Hall–Kier alpha value is -0.860. The van der Waals surface area contributed by atoms with Gasteiger partial charge >= 0.3 is 0 Å². The van der Waals surface area contributed by atoms with Crippen LogP contribution >= 0.6 is 0 Å². The first kappa shape index (κ1) is 6.83. The summed E-state index contributed by atoms with van der Waals surface area (Å²) in [6.45, 7) is 0.578. The normalized spacial score (nSPS) is 30.2. The second-order valence-electron chi connectivity index (χ2n) is 3.38. The van der Waals surface area contributed by atoms with Gasteiger partial charge < -0.3 is 5.32 Å². The monoisotopic (exact) mass is 153 g/mol. The van der Waals surface area contributed by atoms with Crippen LogP contribution in [0.3, 0.4) is 0 Å². The predicted molar refractivity (Wildman–Crippen MR) is 38.8 cm³/mol. The second-order valence-corrected chi connectivity index (χ2v) is 3.38. The number of hydrogen-bond acceptors (Lipinski definition) is 2. The van der Waals surface area contributed by atoms with Gasteiger partial charge in [-0.3, -0.25) is 9.59 Å². The molecule has 1 unspecified atom stereocenters. The molecule has 1 saturated heterocycles. The molecule has 1 aliphatic carbocycles. The van der Waals surface area contributed by atoms with E-state index < -0.39 is 0 Å². The molecule has 3 heteroatoms. The van der Waals surface area contributed by atoms with Crippen LogP contribution in [-0.2, 0) is 9.59 Å². The summed E-state index contributed by atoms with van der Waals surface area (Å²) in [5.41, 5.74) is 0. The Morgan fingerprint density at radius 2 is 2.09 bits per heavy atom. The van der Waals surface area contributed by atoms with Crippen molar-refractivity contribution in [1.29, 1.82) is 0 Å². The summed E-state index contributed by atoms with van der Waals surface area (Å²) in [4.78, 5) is 22.1. The lowest BCUT2D eigenvalue weighted by atomic mass is 10.00. The number of nitrogens with one attached hydrogen (secondary N) is 1. The number of carbonyl (C=O) groups excluding carboxylic acids is 2. The van der Waals surface area contributed by atoms with Crippen molar-refractivity contribution < 1.29 is 9.59 Å². The Bertz CT molecular complexity index is 208. The van der Waals surface area contributed by atoms with Crippen LogP contribution in [0.4, 0.5) is 0 Å². The van der Waals surface area contributed by atoms with E-state index in [-0.39, 0.29) is 11.8 Å². The van der Waals surface area contributed by atoms with E-state index in [9.17, 15) is 9.59 Å². The Morgan fingerprint density at radius 3 is 2.55 bits per heavy atom. The molecule has 3 nitrogen and oxygen atoms in total. The molecule has 1 aliphatic heterocycles. The summed E-state index contributed by atoms with van der Waals surface area (Å²) in [6, 6.07) is 0. The summed E-state index contributed by atoms with van der Waals surface area (Å²) < 4.78 is 0. The maximum atomic E-state index is 11.4. The van der Waals surface area contributed by atoms with Gasteiger partial charge in [-0.05, 0) is 12.8 Å². The topological polar surface area (TPSA) is 46.2 Å². The molecule has 2 rings (SSSR count). The Balaban J connectivity index is 1.94. The van der Waals surface area contributed by atoms with Gasteiger partial charge in [0.1, 0.15) is 5.78 Å². The van der Waals surface area contributed by atoms with Crippen LogP contribution < -0.4 is 5.32 Å². The third-order valence-corrected chi connectivity index (χ3v) is 2.36. The van der Waals surface area contributed by atoms with Crippen molar-refractivity contribution in [3.8, 4) is 0 Å². The zero-order valence-corrected chi connectivity index (χ0v) is 6.30. The molecule has 0 radical (unpaired) electrons. The second kappa shape index (κ2) is 2.32. The van der Waals surface area contributed by atoms with E-state index >= 15 is 0 Å². The van der Waals surface area contributed by atoms with Gasteiger partial charge in [-0.25, -0.2) is 0 Å². The number of rotatable bonds is 2. The minimum atomic E-state index is -0.00463. The summed E-state index contributed by atoms with van der Waals surface area (Å²) >= 11 is 0. The molecule has 11 heavy (non-hydrogen) atoms. The highest BCUT2D eigenvalue weighted by Gasteiger charge is 2.37. The number of ketones is 1. The van der Waals surface area contributed by atoms with Gasteiger partial charge in [-0.2, -0.15) is 0 Å². The molecule has 0 aromatic carbocycles. The van der Waals surface area contributed by atoms with E-state index in [1.807, 2.05) is 0 Å². The number of carbonyl (C=O) groups is 2. The number of hydrogen-bond donors (Lipinski definition) is 1. The van der Waals surface area contributed by atoms with Crippen molar-refractivity contribution >= 4 is 11.7 Å². The van der Waals surface area contributed by atoms with Crippen LogP contribution in [-0.4, -0.2) is 18.2 Å². The lowest BCUT2D eigenvalue weighted by Crippen LogP contribution is -2.19. The molecule has 0 bridgehead atoms. The molecule has 0 spiro atoms. The quantitative estimate of drug-likeness (QED) is 0.611. The minimum Gasteiger partial charge on any atom is -0.355 e. The summed E-state index contributed by atoms with van der Waals surface area (Å²) in [5.74, 6) is 0.634. The fourth-order valence-corrected chi connectivity index (χ4v) is 1.51. The lowest BCUT2D eigenvalue weighted by molar-refractivity contribution is -0.125. The number of Topliss-reactive ketones (excluding diaryl/α,β-unsaturated/α-hetero) is 1. The summed E-state index contributed by atoms with van der Waals surface area (Å²) in [6.07, 6.45) is 2.52. The molecular weight excluding hydrogens is 142 g/mol. The molecule has 1 N–H and O–H groups in total. The van der Waals surface area contributed by atoms with E-state index in [1.165, 1.54) is 0 Å². The molecule has 1 saturated carbocycles. The fraction of sp³-hybridized carbons (Fsp3) is 0.750. The maximum absolute atomic E-state index is 11.4. The van der Waals surface area contributed by atoms with Crippen molar-refractivity contribution in [3.63, 3.8) is 0 Å². The van der Waals surface area contributed by atoms with Gasteiger partial charge in [0, 0.05) is 24.8 Å². The van der Waals surface area contributed by atoms with Gasteiger partial charge in [0.05, 0.1) is 0 Å². The molecule has 1 heterocycles. The molecular formula is C8H11NO2. The van der Waals surface area contributed by atoms with E-state index in [0.29, 0.717) is 24.7 Å². The van der Waals surface area contributed by atoms with Crippen molar-refractivity contribution in [2.24, 2.45) is 11.8 Å². The lowest BCUT2D eigenvalue weighted by Gasteiger charge is -2.02. The van der Waals surface area contributed by atoms with Crippen LogP contribution in [0.25, 0.3) is 0 Å². The molecule has 2 aliphatic rings. The zero-order valence-electron chi connectivity index (χ0n) is 6.30. The molecule has 0 aromatic rings. The largest absolute Gasteiger partial charge is 0.355 e. The highest BCUT2D eigenvalue weighted by Crippen LogP contribution is 2.33. The van der Waals surface area contributed by atoms with Gasteiger partial charge in [0.2, 0.25) is 5.91 Å². The standard InChI is InChI=1S/C8H11NO2/c10-7-3-6(4-9-7)8(11)5-1-2-5/h5-6H,1-4H2,(H,9,10). The molecule has 1 amide bonds. The van der Waals surface area contributed by atoms with Crippen LogP contribution in [0, 0.1) is 11.8 Å².